The van der Waals surface area contributed by atoms with Gasteiger partial charge in [0, 0.05) is 0 Å². The summed E-state index contributed by atoms with van der Waals surface area (Å²) in [6, 6.07) is 31.6. The number of esters is 1. The topological polar surface area (TPSA) is 77.0 Å². The van der Waals surface area contributed by atoms with Crippen LogP contribution in [0, 0.1) is 6.92 Å². The zero-order valence-electron chi connectivity index (χ0n) is 20.0. The Morgan fingerprint density at radius 3 is 2.06 bits per heavy atom. The minimum Gasteiger partial charge on any atom is -0.481 e. The molecule has 1 atom stereocenters. The van der Waals surface area contributed by atoms with E-state index in [2.05, 4.69) is 10.5 Å². The first-order valence-corrected chi connectivity index (χ1v) is 11.5. The van der Waals surface area contributed by atoms with Gasteiger partial charge in [-0.15, -0.1) is 0 Å². The van der Waals surface area contributed by atoms with E-state index in [-0.39, 0.29) is 5.91 Å². The van der Waals surface area contributed by atoms with Crippen LogP contribution in [-0.4, -0.2) is 24.2 Å². The summed E-state index contributed by atoms with van der Waals surface area (Å²) in [4.78, 5) is 24.6. The van der Waals surface area contributed by atoms with E-state index < -0.39 is 12.1 Å². The fourth-order valence-corrected chi connectivity index (χ4v) is 3.35. The summed E-state index contributed by atoms with van der Waals surface area (Å²) in [5.74, 6) is 0.216. The molecule has 1 amide bonds. The fraction of sp³-hybridized carbons (Fsp3) is 0.100. The Hall–Kier alpha value is -4.71. The van der Waals surface area contributed by atoms with Crippen LogP contribution < -0.4 is 14.9 Å². The minimum atomic E-state index is -0.728. The molecule has 6 nitrogen and oxygen atoms in total. The average Bonchev–Trinajstić information content (AvgIpc) is 2.91. The summed E-state index contributed by atoms with van der Waals surface area (Å²) in [5.41, 5.74) is 6.95. The molecule has 0 aromatic heterocycles. The van der Waals surface area contributed by atoms with E-state index in [0.29, 0.717) is 17.1 Å². The van der Waals surface area contributed by atoms with E-state index in [0.717, 1.165) is 22.3 Å². The Morgan fingerprint density at radius 2 is 1.39 bits per heavy atom. The fourth-order valence-electron chi connectivity index (χ4n) is 3.35. The van der Waals surface area contributed by atoms with Gasteiger partial charge in [0.15, 0.2) is 6.10 Å². The molecule has 0 saturated carbocycles. The number of hydrogen-bond acceptors (Lipinski definition) is 5. The van der Waals surface area contributed by atoms with Gasteiger partial charge in [-0.2, -0.15) is 5.10 Å². The highest BCUT2D eigenvalue weighted by Crippen LogP contribution is 2.22. The molecular weight excluding hydrogens is 452 g/mol. The third kappa shape index (κ3) is 6.67. The van der Waals surface area contributed by atoms with Crippen molar-refractivity contribution in [3.05, 3.63) is 120 Å². The van der Waals surface area contributed by atoms with Crippen LogP contribution >= 0.6 is 0 Å². The molecule has 36 heavy (non-hydrogen) atoms. The van der Waals surface area contributed by atoms with Gasteiger partial charge in [-0.25, -0.2) is 10.2 Å². The molecule has 0 fully saturated rings. The van der Waals surface area contributed by atoms with E-state index in [1.807, 2.05) is 73.7 Å². The van der Waals surface area contributed by atoms with Crippen molar-refractivity contribution in [3.63, 3.8) is 0 Å². The number of carbonyl (C=O) groups excluding carboxylic acids is 2. The lowest BCUT2D eigenvalue weighted by atomic mass is 10.1. The van der Waals surface area contributed by atoms with Gasteiger partial charge in [0.2, 0.25) is 0 Å². The average molecular weight is 479 g/mol. The second kappa shape index (κ2) is 11.6. The van der Waals surface area contributed by atoms with Crippen molar-refractivity contribution in [2.45, 2.75) is 20.0 Å². The summed E-state index contributed by atoms with van der Waals surface area (Å²) in [7, 11) is 0. The van der Waals surface area contributed by atoms with Crippen molar-refractivity contribution < 1.29 is 19.1 Å². The third-order valence-corrected chi connectivity index (χ3v) is 5.41. The number of nitrogens with one attached hydrogen (secondary N) is 1. The van der Waals surface area contributed by atoms with Gasteiger partial charge in [0.1, 0.15) is 11.5 Å². The summed E-state index contributed by atoms with van der Waals surface area (Å²) in [5, 5.41) is 3.99. The number of benzene rings is 4. The van der Waals surface area contributed by atoms with E-state index in [4.69, 9.17) is 9.47 Å². The molecule has 1 N–H and O–H groups in total. The number of hydrogen-bond donors (Lipinski definition) is 1. The predicted molar refractivity (Wildman–Crippen MR) is 140 cm³/mol. The standard InChI is InChI=1S/C30H26N2O4/c1-21-8-12-26(13-9-21)30(34)36-28-16-10-23(11-17-28)20-31-32-29(33)22(2)35-27-18-14-25(15-19-27)24-6-4-3-5-7-24/h3-20,22H,1-2H3,(H,32,33)/b31-20-/t22-/m1/s1. The van der Waals surface area contributed by atoms with Gasteiger partial charge in [-0.05, 0) is 79.1 Å². The second-order valence-corrected chi connectivity index (χ2v) is 8.21. The molecule has 4 aromatic rings. The van der Waals surface area contributed by atoms with Crippen molar-refractivity contribution in [3.8, 4) is 22.6 Å². The molecule has 6 heteroatoms. The van der Waals surface area contributed by atoms with Crippen LogP contribution in [0.25, 0.3) is 11.1 Å². The normalized spacial score (nSPS) is 11.6. The van der Waals surface area contributed by atoms with Crippen molar-refractivity contribution >= 4 is 18.1 Å². The van der Waals surface area contributed by atoms with Crippen LogP contribution in [0.1, 0.15) is 28.4 Å². The largest absolute Gasteiger partial charge is 0.481 e. The lowest BCUT2D eigenvalue weighted by Gasteiger charge is -2.13. The summed E-state index contributed by atoms with van der Waals surface area (Å²) < 4.78 is 11.1. The number of ether oxygens (including phenoxy) is 2. The van der Waals surface area contributed by atoms with E-state index >= 15 is 0 Å². The molecule has 0 aliphatic rings. The zero-order valence-corrected chi connectivity index (χ0v) is 20.0. The Balaban J connectivity index is 1.25. The molecule has 0 aliphatic heterocycles. The summed E-state index contributed by atoms with van der Waals surface area (Å²) in [6.07, 6.45) is 0.776. The van der Waals surface area contributed by atoms with Gasteiger partial charge in [0.05, 0.1) is 11.8 Å². The lowest BCUT2D eigenvalue weighted by Crippen LogP contribution is -2.33. The van der Waals surface area contributed by atoms with Crippen molar-refractivity contribution in [1.29, 1.82) is 0 Å². The van der Waals surface area contributed by atoms with Crippen LogP contribution in [0.3, 0.4) is 0 Å². The Kier molecular flexibility index (Phi) is 7.88. The second-order valence-electron chi connectivity index (χ2n) is 8.21. The van der Waals surface area contributed by atoms with E-state index in [1.54, 1.807) is 43.3 Å². The van der Waals surface area contributed by atoms with Crippen LogP contribution in [0.2, 0.25) is 0 Å². The third-order valence-electron chi connectivity index (χ3n) is 5.41. The first kappa shape index (κ1) is 24.4. The highest BCUT2D eigenvalue weighted by molar-refractivity contribution is 5.91. The number of rotatable bonds is 8. The van der Waals surface area contributed by atoms with Crippen molar-refractivity contribution in [1.82, 2.24) is 5.43 Å². The maximum absolute atomic E-state index is 12.3. The maximum atomic E-state index is 12.3. The molecule has 0 saturated heterocycles. The number of amides is 1. The van der Waals surface area contributed by atoms with Gasteiger partial charge in [-0.3, -0.25) is 4.79 Å². The summed E-state index contributed by atoms with van der Waals surface area (Å²) in [6.45, 7) is 3.61. The molecule has 0 unspecified atom stereocenters. The van der Waals surface area contributed by atoms with Crippen LogP contribution in [0.4, 0.5) is 0 Å². The van der Waals surface area contributed by atoms with Crippen LogP contribution in [0.5, 0.6) is 11.5 Å². The van der Waals surface area contributed by atoms with Crippen molar-refractivity contribution in [2.24, 2.45) is 5.10 Å². The van der Waals surface area contributed by atoms with Crippen molar-refractivity contribution in [2.75, 3.05) is 0 Å². The summed E-state index contributed by atoms with van der Waals surface area (Å²) >= 11 is 0. The molecule has 0 aliphatic carbocycles. The van der Waals surface area contributed by atoms with Crippen LogP contribution in [-0.2, 0) is 4.79 Å². The Bertz CT molecular complexity index is 1330. The molecule has 4 rings (SSSR count). The minimum absolute atomic E-state index is 0.373. The molecule has 0 spiro atoms. The maximum Gasteiger partial charge on any atom is 0.343 e. The Morgan fingerprint density at radius 1 is 0.778 bits per heavy atom. The van der Waals surface area contributed by atoms with E-state index in [9.17, 15) is 9.59 Å². The molecule has 0 bridgehead atoms. The molecule has 0 heterocycles. The number of aryl methyl sites for hydroxylation is 1. The van der Waals surface area contributed by atoms with Gasteiger partial charge < -0.3 is 9.47 Å². The van der Waals surface area contributed by atoms with Gasteiger partial charge in [0.25, 0.3) is 5.91 Å². The predicted octanol–water partition coefficient (Wildman–Crippen LogP) is 5.80. The number of hydrazone groups is 1. The first-order valence-electron chi connectivity index (χ1n) is 11.5. The monoisotopic (exact) mass is 478 g/mol. The lowest BCUT2D eigenvalue weighted by molar-refractivity contribution is -0.127. The SMILES string of the molecule is Cc1ccc(C(=O)Oc2ccc(/C=N\NC(=O)[C@@H](C)Oc3ccc(-c4ccccc4)cc3)cc2)cc1. The number of carbonyl (C=O) groups is 2. The quantitative estimate of drug-likeness (QED) is 0.150. The molecule has 180 valence electrons. The Labute approximate surface area is 210 Å². The molecule has 4 aromatic carbocycles. The smallest absolute Gasteiger partial charge is 0.343 e. The highest BCUT2D eigenvalue weighted by atomic mass is 16.5. The van der Waals surface area contributed by atoms with Gasteiger partial charge >= 0.3 is 5.97 Å². The van der Waals surface area contributed by atoms with Crippen LogP contribution in [0.15, 0.2) is 108 Å². The first-order chi connectivity index (χ1) is 17.5. The molecular formula is C30H26N2O4. The van der Waals surface area contributed by atoms with Gasteiger partial charge in [-0.1, -0.05) is 60.2 Å². The number of nitrogens with zero attached hydrogens (tertiary/aromatic N) is 1. The molecule has 0 radical (unpaired) electrons. The van der Waals surface area contributed by atoms with E-state index in [1.165, 1.54) is 6.21 Å². The zero-order chi connectivity index (χ0) is 25.3. The highest BCUT2D eigenvalue weighted by Gasteiger charge is 2.14.